The van der Waals surface area contributed by atoms with Crippen LogP contribution in [-0.2, 0) is 0 Å². The molecule has 2 aliphatic rings. The van der Waals surface area contributed by atoms with Gasteiger partial charge in [0.15, 0.2) is 11.5 Å². The highest BCUT2D eigenvalue weighted by Crippen LogP contribution is 2.51. The predicted octanol–water partition coefficient (Wildman–Crippen LogP) is 5.65. The highest BCUT2D eigenvalue weighted by Gasteiger charge is 2.42. The number of thiophene rings is 1. The fourth-order valence-electron chi connectivity index (χ4n) is 3.68. The van der Waals surface area contributed by atoms with E-state index in [1.54, 1.807) is 18.4 Å². The van der Waals surface area contributed by atoms with Gasteiger partial charge in [-0.1, -0.05) is 41.9 Å². The van der Waals surface area contributed by atoms with Crippen LogP contribution in [0.1, 0.15) is 34.7 Å². The molecule has 2 aliphatic heterocycles. The van der Waals surface area contributed by atoms with Gasteiger partial charge in [0.25, 0.3) is 0 Å². The Hall–Kier alpha value is -2.50. The third-order valence-corrected chi connectivity index (χ3v) is 6.12. The van der Waals surface area contributed by atoms with Crippen LogP contribution in [0.2, 0.25) is 5.02 Å². The van der Waals surface area contributed by atoms with Crippen LogP contribution in [0.25, 0.3) is 0 Å². The maximum Gasteiger partial charge on any atom is 0.223 e. The second kappa shape index (κ2) is 6.59. The zero-order chi connectivity index (χ0) is 18.4. The number of benzene rings is 2. The van der Waals surface area contributed by atoms with E-state index in [0.717, 1.165) is 44.7 Å². The van der Waals surface area contributed by atoms with E-state index >= 15 is 0 Å². The van der Waals surface area contributed by atoms with Gasteiger partial charge in [0, 0.05) is 17.0 Å². The Bertz CT molecular complexity index is 1000. The molecule has 0 saturated heterocycles. The summed E-state index contributed by atoms with van der Waals surface area (Å²) in [6.07, 6.45) is 0.552. The van der Waals surface area contributed by atoms with Gasteiger partial charge in [0.05, 0.1) is 23.7 Å². The smallest absolute Gasteiger partial charge is 0.223 e. The normalized spacial score (nSPS) is 20.5. The van der Waals surface area contributed by atoms with Crippen LogP contribution in [0, 0.1) is 0 Å². The number of fused-ring (bicyclic) bond motifs is 3. The summed E-state index contributed by atoms with van der Waals surface area (Å²) in [4.78, 5) is 1.12. The molecular weight excluding hydrogens is 380 g/mol. The van der Waals surface area contributed by atoms with Crippen LogP contribution >= 0.6 is 22.9 Å². The van der Waals surface area contributed by atoms with Gasteiger partial charge in [-0.05, 0) is 35.2 Å². The molecule has 0 spiro atoms. The molecule has 2 aromatic carbocycles. The van der Waals surface area contributed by atoms with Crippen molar-refractivity contribution in [2.24, 2.45) is 5.10 Å². The second-order valence-electron chi connectivity index (χ2n) is 6.52. The molecule has 0 amide bonds. The van der Waals surface area contributed by atoms with E-state index in [1.807, 2.05) is 42.5 Å². The lowest BCUT2D eigenvalue weighted by Crippen LogP contribution is -2.33. The first-order valence-corrected chi connectivity index (χ1v) is 9.99. The third kappa shape index (κ3) is 2.78. The first-order chi connectivity index (χ1) is 13.2. The van der Waals surface area contributed by atoms with Gasteiger partial charge in [-0.15, -0.1) is 11.3 Å². The maximum atomic E-state index is 6.40. The molecule has 0 fully saturated rings. The molecule has 4 nitrogen and oxygen atoms in total. The van der Waals surface area contributed by atoms with Gasteiger partial charge in [-0.25, -0.2) is 5.01 Å². The van der Waals surface area contributed by atoms with Crippen LogP contribution in [0.5, 0.6) is 11.5 Å². The summed E-state index contributed by atoms with van der Waals surface area (Å²) in [5.41, 5.74) is 3.23. The van der Waals surface area contributed by atoms with Gasteiger partial charge in [0.2, 0.25) is 6.23 Å². The lowest BCUT2D eigenvalue weighted by Gasteiger charge is -2.38. The quantitative estimate of drug-likeness (QED) is 0.573. The fraction of sp³-hybridized carbons (Fsp3) is 0.190. The minimum Gasteiger partial charge on any atom is -0.493 e. The first-order valence-electron chi connectivity index (χ1n) is 8.73. The standard InChI is InChI=1S/C21H17ClN2O2S/c1-25-18-5-2-4-15-17-12-16(13-7-9-14(22)10-8-13)23-24(17)21(26-20(15)18)19-6-3-11-27-19/h2-11,17,21H,12H2,1H3/t17-,21+/m1/s1. The van der Waals surface area contributed by atoms with Crippen molar-refractivity contribution in [3.63, 3.8) is 0 Å². The molecule has 3 heterocycles. The van der Waals surface area contributed by atoms with Crippen LogP contribution in [0.3, 0.4) is 0 Å². The van der Waals surface area contributed by atoms with Crippen molar-refractivity contribution in [2.75, 3.05) is 7.11 Å². The number of halogens is 1. The highest BCUT2D eigenvalue weighted by molar-refractivity contribution is 7.10. The van der Waals surface area contributed by atoms with Crippen molar-refractivity contribution < 1.29 is 9.47 Å². The third-order valence-electron chi connectivity index (χ3n) is 4.96. The number of nitrogens with zero attached hydrogens (tertiary/aromatic N) is 2. The van der Waals surface area contributed by atoms with E-state index in [0.29, 0.717) is 0 Å². The van der Waals surface area contributed by atoms with Crippen LogP contribution < -0.4 is 9.47 Å². The summed E-state index contributed by atoms with van der Waals surface area (Å²) >= 11 is 7.72. The van der Waals surface area contributed by atoms with E-state index in [1.165, 1.54) is 0 Å². The number of methoxy groups -OCH3 is 1. The van der Waals surface area contributed by atoms with Crippen molar-refractivity contribution in [1.29, 1.82) is 0 Å². The summed E-state index contributed by atoms with van der Waals surface area (Å²) in [6, 6.07) is 18.1. The van der Waals surface area contributed by atoms with E-state index < -0.39 is 0 Å². The number of ether oxygens (including phenoxy) is 2. The Labute approximate surface area is 166 Å². The molecule has 0 bridgehead atoms. The Morgan fingerprint density at radius 3 is 2.74 bits per heavy atom. The van der Waals surface area contributed by atoms with Crippen molar-refractivity contribution in [1.82, 2.24) is 5.01 Å². The largest absolute Gasteiger partial charge is 0.493 e. The lowest BCUT2D eigenvalue weighted by atomic mass is 9.96. The second-order valence-corrected chi connectivity index (χ2v) is 7.93. The van der Waals surface area contributed by atoms with Crippen molar-refractivity contribution in [2.45, 2.75) is 18.7 Å². The average molecular weight is 397 g/mol. The average Bonchev–Trinajstić information content (AvgIpc) is 3.37. The topological polar surface area (TPSA) is 34.1 Å². The minimum absolute atomic E-state index is 0.113. The Morgan fingerprint density at radius 1 is 1.15 bits per heavy atom. The van der Waals surface area contributed by atoms with Gasteiger partial charge in [-0.3, -0.25) is 0 Å². The van der Waals surface area contributed by atoms with Gasteiger partial charge in [0.1, 0.15) is 0 Å². The molecule has 136 valence electrons. The van der Waals surface area contributed by atoms with E-state index in [2.05, 4.69) is 22.5 Å². The number of para-hydroxylation sites is 1. The Kier molecular flexibility index (Phi) is 4.06. The number of hydrogen-bond donors (Lipinski definition) is 0. The van der Waals surface area contributed by atoms with Gasteiger partial charge < -0.3 is 9.47 Å². The van der Waals surface area contributed by atoms with Crippen molar-refractivity contribution in [3.05, 3.63) is 81.0 Å². The van der Waals surface area contributed by atoms with Crippen molar-refractivity contribution >= 4 is 28.6 Å². The summed E-state index contributed by atoms with van der Waals surface area (Å²) < 4.78 is 12.0. The molecule has 0 aliphatic carbocycles. The summed E-state index contributed by atoms with van der Waals surface area (Å²) in [6.45, 7) is 0. The fourth-order valence-corrected chi connectivity index (χ4v) is 4.55. The molecule has 2 atom stereocenters. The maximum absolute atomic E-state index is 6.40. The first kappa shape index (κ1) is 16.7. The van der Waals surface area contributed by atoms with Crippen molar-refractivity contribution in [3.8, 4) is 11.5 Å². The van der Waals surface area contributed by atoms with E-state index in [-0.39, 0.29) is 12.3 Å². The summed E-state index contributed by atoms with van der Waals surface area (Å²) in [5, 5.41) is 9.82. The number of rotatable bonds is 3. The molecule has 5 rings (SSSR count). The lowest BCUT2D eigenvalue weighted by molar-refractivity contribution is -0.0184. The molecule has 0 radical (unpaired) electrons. The van der Waals surface area contributed by atoms with Crippen LogP contribution in [0.15, 0.2) is 65.1 Å². The Morgan fingerprint density at radius 2 is 2.00 bits per heavy atom. The van der Waals surface area contributed by atoms with Crippen LogP contribution in [0.4, 0.5) is 0 Å². The molecule has 0 N–H and O–H groups in total. The highest BCUT2D eigenvalue weighted by atomic mass is 35.5. The Balaban J connectivity index is 1.61. The molecule has 6 heteroatoms. The SMILES string of the molecule is COc1cccc2c1O[C@@H](c1cccs1)N1N=C(c3ccc(Cl)cc3)C[C@H]21. The molecule has 1 aromatic heterocycles. The molecule has 0 saturated carbocycles. The molecule has 3 aromatic rings. The van der Waals surface area contributed by atoms with E-state index in [4.69, 9.17) is 26.2 Å². The molecule has 27 heavy (non-hydrogen) atoms. The molecule has 0 unspecified atom stereocenters. The zero-order valence-electron chi connectivity index (χ0n) is 14.6. The van der Waals surface area contributed by atoms with Crippen LogP contribution in [-0.4, -0.2) is 17.8 Å². The molecular formula is C21H17ClN2O2S. The number of hydrogen-bond acceptors (Lipinski definition) is 5. The minimum atomic E-state index is -0.261. The summed E-state index contributed by atoms with van der Waals surface area (Å²) in [7, 11) is 1.68. The van der Waals surface area contributed by atoms with Gasteiger partial charge in [-0.2, -0.15) is 5.10 Å². The summed E-state index contributed by atoms with van der Waals surface area (Å²) in [5.74, 6) is 1.57. The zero-order valence-corrected chi connectivity index (χ0v) is 16.2. The van der Waals surface area contributed by atoms with Gasteiger partial charge >= 0.3 is 0 Å². The monoisotopic (exact) mass is 396 g/mol. The number of hydrazone groups is 1. The van der Waals surface area contributed by atoms with E-state index in [9.17, 15) is 0 Å². The predicted molar refractivity (Wildman–Crippen MR) is 108 cm³/mol.